The number of nitrogens with two attached hydrogens (primary N) is 1. The van der Waals surface area contributed by atoms with Crippen molar-refractivity contribution in [3.63, 3.8) is 0 Å². The zero-order chi connectivity index (χ0) is 12.7. The summed E-state index contributed by atoms with van der Waals surface area (Å²) in [4.78, 5) is 11.6. The summed E-state index contributed by atoms with van der Waals surface area (Å²) in [6.45, 7) is 0.639. The van der Waals surface area contributed by atoms with Crippen LogP contribution in [0.1, 0.15) is 0 Å². The molecular formula is C11H15ClN2O2S. The molecule has 1 aromatic rings. The summed E-state index contributed by atoms with van der Waals surface area (Å²) < 4.78 is 4.89. The van der Waals surface area contributed by atoms with Crippen LogP contribution in [-0.2, 0) is 9.53 Å². The Hall–Kier alpha value is -0.910. The van der Waals surface area contributed by atoms with E-state index >= 15 is 0 Å². The molecule has 0 saturated carbocycles. The Morgan fingerprint density at radius 2 is 2.35 bits per heavy atom. The van der Waals surface area contributed by atoms with Gasteiger partial charge in [0.1, 0.15) is 0 Å². The van der Waals surface area contributed by atoms with Crippen molar-refractivity contribution >= 4 is 40.6 Å². The molecule has 0 saturated heterocycles. The first kappa shape index (κ1) is 14.2. The van der Waals surface area contributed by atoms with Crippen LogP contribution in [0.5, 0.6) is 0 Å². The Morgan fingerprint density at radius 1 is 1.59 bits per heavy atom. The molecule has 0 atom stereocenters. The van der Waals surface area contributed by atoms with E-state index in [4.69, 9.17) is 22.1 Å². The first-order chi connectivity index (χ1) is 8.13. The van der Waals surface area contributed by atoms with E-state index in [9.17, 15) is 4.79 Å². The summed E-state index contributed by atoms with van der Waals surface area (Å²) in [6, 6.07) is 4.99. The lowest BCUT2D eigenvalue weighted by Crippen LogP contribution is -2.15. The molecule has 0 fully saturated rings. The third kappa shape index (κ3) is 5.30. The zero-order valence-electron chi connectivity index (χ0n) is 9.53. The lowest BCUT2D eigenvalue weighted by molar-refractivity contribution is -0.113. The SMILES string of the molecule is COCCSCC(=O)Nc1ccc(N)cc1Cl. The number of nitrogen functional groups attached to an aromatic ring is 1. The van der Waals surface area contributed by atoms with E-state index in [0.29, 0.717) is 28.8 Å². The molecule has 17 heavy (non-hydrogen) atoms. The average molecular weight is 275 g/mol. The topological polar surface area (TPSA) is 64.3 Å². The average Bonchev–Trinajstić information content (AvgIpc) is 2.28. The number of amides is 1. The van der Waals surface area contributed by atoms with Gasteiger partial charge in [-0.05, 0) is 18.2 Å². The molecule has 94 valence electrons. The zero-order valence-corrected chi connectivity index (χ0v) is 11.1. The van der Waals surface area contributed by atoms with Crippen LogP contribution in [0.15, 0.2) is 18.2 Å². The molecule has 6 heteroatoms. The molecule has 0 aliphatic carbocycles. The van der Waals surface area contributed by atoms with E-state index in [1.807, 2.05) is 0 Å². The van der Waals surface area contributed by atoms with E-state index in [2.05, 4.69) is 5.32 Å². The van der Waals surface area contributed by atoms with Gasteiger partial charge in [-0.1, -0.05) is 11.6 Å². The monoisotopic (exact) mass is 274 g/mol. The van der Waals surface area contributed by atoms with Gasteiger partial charge in [-0.3, -0.25) is 4.79 Å². The van der Waals surface area contributed by atoms with Crippen LogP contribution in [0.4, 0.5) is 11.4 Å². The van der Waals surface area contributed by atoms with Gasteiger partial charge in [0.2, 0.25) is 5.91 Å². The molecule has 1 aromatic carbocycles. The number of benzene rings is 1. The van der Waals surface area contributed by atoms with Crippen LogP contribution in [0.3, 0.4) is 0 Å². The maximum absolute atomic E-state index is 11.6. The van der Waals surface area contributed by atoms with E-state index < -0.39 is 0 Å². The van der Waals surface area contributed by atoms with Crippen molar-refractivity contribution in [2.75, 3.05) is 36.3 Å². The number of hydrogen-bond acceptors (Lipinski definition) is 4. The van der Waals surface area contributed by atoms with E-state index in [0.717, 1.165) is 5.75 Å². The highest BCUT2D eigenvalue weighted by atomic mass is 35.5. The van der Waals surface area contributed by atoms with Crippen molar-refractivity contribution in [1.82, 2.24) is 0 Å². The highest BCUT2D eigenvalue weighted by Crippen LogP contribution is 2.24. The lowest BCUT2D eigenvalue weighted by Gasteiger charge is -2.07. The number of carbonyl (C=O) groups excluding carboxylic acids is 1. The Labute approximate surface area is 110 Å². The van der Waals surface area contributed by atoms with Gasteiger partial charge in [0.05, 0.1) is 23.1 Å². The maximum Gasteiger partial charge on any atom is 0.234 e. The van der Waals surface area contributed by atoms with Crippen LogP contribution >= 0.6 is 23.4 Å². The fourth-order valence-corrected chi connectivity index (χ4v) is 2.05. The Morgan fingerprint density at radius 3 is 3.00 bits per heavy atom. The third-order valence-corrected chi connectivity index (χ3v) is 3.17. The fraction of sp³-hybridized carbons (Fsp3) is 0.364. The van der Waals surface area contributed by atoms with Gasteiger partial charge in [-0.2, -0.15) is 0 Å². The number of nitrogens with one attached hydrogen (secondary N) is 1. The number of methoxy groups -OCH3 is 1. The summed E-state index contributed by atoms with van der Waals surface area (Å²) in [5, 5.41) is 3.17. The molecule has 0 unspecified atom stereocenters. The van der Waals surface area contributed by atoms with Crippen LogP contribution in [-0.4, -0.2) is 31.1 Å². The standard InChI is InChI=1S/C11H15ClN2O2S/c1-16-4-5-17-7-11(15)14-10-3-2-8(13)6-9(10)12/h2-3,6H,4-5,7,13H2,1H3,(H,14,15). The summed E-state index contributed by atoms with van der Waals surface area (Å²) in [6.07, 6.45) is 0. The van der Waals surface area contributed by atoms with Gasteiger partial charge in [-0.15, -0.1) is 11.8 Å². The van der Waals surface area contributed by atoms with Crippen molar-refractivity contribution in [2.45, 2.75) is 0 Å². The highest BCUT2D eigenvalue weighted by molar-refractivity contribution is 7.99. The quantitative estimate of drug-likeness (QED) is 0.617. The second-order valence-electron chi connectivity index (χ2n) is 3.33. The van der Waals surface area contributed by atoms with Gasteiger partial charge < -0.3 is 15.8 Å². The second-order valence-corrected chi connectivity index (χ2v) is 4.85. The molecule has 1 rings (SSSR count). The van der Waals surface area contributed by atoms with Crippen molar-refractivity contribution in [2.24, 2.45) is 0 Å². The summed E-state index contributed by atoms with van der Waals surface area (Å²) >= 11 is 7.45. The maximum atomic E-state index is 11.6. The minimum atomic E-state index is -0.0854. The van der Waals surface area contributed by atoms with Gasteiger partial charge in [0.25, 0.3) is 0 Å². The van der Waals surface area contributed by atoms with E-state index in [-0.39, 0.29) is 5.91 Å². The van der Waals surface area contributed by atoms with Crippen molar-refractivity contribution < 1.29 is 9.53 Å². The Balaban J connectivity index is 2.40. The smallest absolute Gasteiger partial charge is 0.234 e. The number of ether oxygens (including phenoxy) is 1. The normalized spacial score (nSPS) is 10.2. The second kappa shape index (κ2) is 7.42. The number of rotatable bonds is 6. The molecule has 0 aromatic heterocycles. The minimum Gasteiger partial charge on any atom is -0.399 e. The minimum absolute atomic E-state index is 0.0854. The fourth-order valence-electron chi connectivity index (χ4n) is 1.13. The Bertz CT molecular complexity index is 388. The van der Waals surface area contributed by atoms with Crippen molar-refractivity contribution in [3.05, 3.63) is 23.2 Å². The molecular weight excluding hydrogens is 260 g/mol. The van der Waals surface area contributed by atoms with Gasteiger partial charge >= 0.3 is 0 Å². The largest absolute Gasteiger partial charge is 0.399 e. The molecule has 0 heterocycles. The third-order valence-electron chi connectivity index (χ3n) is 1.93. The molecule has 0 bridgehead atoms. The molecule has 0 aliphatic heterocycles. The molecule has 0 spiro atoms. The first-order valence-corrected chi connectivity index (χ1v) is 6.58. The predicted molar refractivity (Wildman–Crippen MR) is 73.7 cm³/mol. The van der Waals surface area contributed by atoms with E-state index in [1.165, 1.54) is 11.8 Å². The number of carbonyl (C=O) groups is 1. The van der Waals surface area contributed by atoms with Gasteiger partial charge in [0, 0.05) is 18.6 Å². The Kier molecular flexibility index (Phi) is 6.18. The summed E-state index contributed by atoms with van der Waals surface area (Å²) in [7, 11) is 1.63. The van der Waals surface area contributed by atoms with Crippen LogP contribution in [0.25, 0.3) is 0 Å². The molecule has 3 N–H and O–H groups in total. The van der Waals surface area contributed by atoms with Crippen LogP contribution < -0.4 is 11.1 Å². The summed E-state index contributed by atoms with van der Waals surface area (Å²) in [5.41, 5.74) is 6.71. The molecule has 1 amide bonds. The van der Waals surface area contributed by atoms with Gasteiger partial charge in [-0.25, -0.2) is 0 Å². The number of thioether (sulfide) groups is 1. The number of hydrogen-bond donors (Lipinski definition) is 2. The number of anilines is 2. The first-order valence-electron chi connectivity index (χ1n) is 5.05. The summed E-state index contributed by atoms with van der Waals surface area (Å²) in [5.74, 6) is 1.08. The highest BCUT2D eigenvalue weighted by Gasteiger charge is 2.05. The molecule has 4 nitrogen and oxygen atoms in total. The van der Waals surface area contributed by atoms with Crippen molar-refractivity contribution in [3.8, 4) is 0 Å². The van der Waals surface area contributed by atoms with Crippen LogP contribution in [0, 0.1) is 0 Å². The van der Waals surface area contributed by atoms with E-state index in [1.54, 1.807) is 25.3 Å². The molecule has 0 radical (unpaired) electrons. The van der Waals surface area contributed by atoms with Gasteiger partial charge in [0.15, 0.2) is 0 Å². The predicted octanol–water partition coefficient (Wildman–Crippen LogP) is 2.24. The number of halogens is 1. The van der Waals surface area contributed by atoms with Crippen LogP contribution in [0.2, 0.25) is 5.02 Å². The lowest BCUT2D eigenvalue weighted by atomic mass is 10.3. The van der Waals surface area contributed by atoms with Crippen molar-refractivity contribution in [1.29, 1.82) is 0 Å². The molecule has 0 aliphatic rings.